The summed E-state index contributed by atoms with van der Waals surface area (Å²) in [7, 11) is -1.71. The highest BCUT2D eigenvalue weighted by Gasteiger charge is 2.21. The number of ether oxygens (including phenoxy) is 1. The van der Waals surface area contributed by atoms with Crippen LogP contribution in [0, 0.1) is 0 Å². The van der Waals surface area contributed by atoms with Crippen molar-refractivity contribution in [2.24, 2.45) is 0 Å². The van der Waals surface area contributed by atoms with Gasteiger partial charge in [0.2, 0.25) is 15.9 Å². The van der Waals surface area contributed by atoms with E-state index in [2.05, 4.69) is 5.32 Å². The third-order valence-corrected chi connectivity index (χ3v) is 5.90. The second-order valence-electron chi connectivity index (χ2n) is 7.29. The third-order valence-electron chi connectivity index (χ3n) is 4.76. The molecule has 0 saturated heterocycles. The van der Waals surface area contributed by atoms with Gasteiger partial charge in [-0.05, 0) is 48.5 Å². The van der Waals surface area contributed by atoms with Crippen LogP contribution >= 0.6 is 0 Å². The molecule has 32 heavy (non-hydrogen) atoms. The van der Waals surface area contributed by atoms with E-state index in [0.29, 0.717) is 30.3 Å². The van der Waals surface area contributed by atoms with Crippen molar-refractivity contribution in [1.82, 2.24) is 5.32 Å². The molecule has 0 radical (unpaired) electrons. The molecule has 0 fully saturated rings. The zero-order valence-corrected chi connectivity index (χ0v) is 19.0. The number of nitrogens with one attached hydrogen (secondary N) is 1. The Kier molecular flexibility index (Phi) is 7.72. The molecule has 0 aromatic heterocycles. The number of para-hydroxylation sites is 2. The molecule has 0 aliphatic heterocycles. The molecule has 3 aromatic carbocycles. The number of nitrogens with zero attached hydrogens (tertiary/aromatic N) is 2. The SMILES string of the molecule is CN(CCNC(=O)CN(c1ccc(Oc2ccccc2)cc1)S(C)(=O)=O)c1ccccc1. The molecular formula is C24H27N3O4S. The number of sulfonamides is 1. The first-order valence-corrected chi connectivity index (χ1v) is 12.0. The fraction of sp³-hybridized carbons (Fsp3) is 0.208. The fourth-order valence-corrected chi connectivity index (χ4v) is 3.92. The minimum Gasteiger partial charge on any atom is -0.457 e. The monoisotopic (exact) mass is 453 g/mol. The number of rotatable bonds is 10. The lowest BCUT2D eigenvalue weighted by Crippen LogP contribution is -2.42. The Balaban J connectivity index is 1.58. The van der Waals surface area contributed by atoms with Gasteiger partial charge in [-0.25, -0.2) is 8.42 Å². The number of benzene rings is 3. The summed E-state index contributed by atoms with van der Waals surface area (Å²) < 4.78 is 31.5. The van der Waals surface area contributed by atoms with Crippen LogP contribution in [-0.2, 0) is 14.8 Å². The van der Waals surface area contributed by atoms with E-state index in [1.165, 1.54) is 0 Å². The maximum Gasteiger partial charge on any atom is 0.240 e. The highest BCUT2D eigenvalue weighted by molar-refractivity contribution is 7.92. The summed E-state index contributed by atoms with van der Waals surface area (Å²) in [6.07, 6.45) is 1.08. The average molecular weight is 454 g/mol. The van der Waals surface area contributed by atoms with Gasteiger partial charge in [0.05, 0.1) is 11.9 Å². The number of anilines is 2. The first kappa shape index (κ1) is 23.1. The number of carbonyl (C=O) groups excluding carboxylic acids is 1. The summed E-state index contributed by atoms with van der Waals surface area (Å²) in [6, 6.07) is 25.7. The average Bonchev–Trinajstić information content (AvgIpc) is 2.79. The highest BCUT2D eigenvalue weighted by Crippen LogP contribution is 2.25. The number of carbonyl (C=O) groups is 1. The van der Waals surface area contributed by atoms with E-state index in [0.717, 1.165) is 16.2 Å². The van der Waals surface area contributed by atoms with Crippen LogP contribution in [0.1, 0.15) is 0 Å². The van der Waals surface area contributed by atoms with Crippen molar-refractivity contribution in [2.75, 3.05) is 42.1 Å². The van der Waals surface area contributed by atoms with Crippen molar-refractivity contribution < 1.29 is 17.9 Å². The van der Waals surface area contributed by atoms with Gasteiger partial charge >= 0.3 is 0 Å². The van der Waals surface area contributed by atoms with Gasteiger partial charge in [-0.1, -0.05) is 36.4 Å². The van der Waals surface area contributed by atoms with Crippen LogP contribution in [0.25, 0.3) is 0 Å². The molecule has 0 saturated carbocycles. The highest BCUT2D eigenvalue weighted by atomic mass is 32.2. The molecule has 0 atom stereocenters. The number of amides is 1. The molecule has 0 spiro atoms. The van der Waals surface area contributed by atoms with Crippen molar-refractivity contribution in [3.8, 4) is 11.5 Å². The lowest BCUT2D eigenvalue weighted by Gasteiger charge is -2.23. The van der Waals surface area contributed by atoms with Crippen molar-refractivity contribution in [2.45, 2.75) is 0 Å². The lowest BCUT2D eigenvalue weighted by molar-refractivity contribution is -0.119. The van der Waals surface area contributed by atoms with Gasteiger partial charge in [0.15, 0.2) is 0 Å². The van der Waals surface area contributed by atoms with Crippen molar-refractivity contribution in [3.05, 3.63) is 84.9 Å². The Morgan fingerprint density at radius 2 is 1.41 bits per heavy atom. The van der Waals surface area contributed by atoms with Crippen LogP contribution in [0.3, 0.4) is 0 Å². The largest absolute Gasteiger partial charge is 0.457 e. The van der Waals surface area contributed by atoms with Gasteiger partial charge in [0.1, 0.15) is 18.0 Å². The summed E-state index contributed by atoms with van der Waals surface area (Å²) in [5.74, 6) is 0.878. The van der Waals surface area contributed by atoms with Gasteiger partial charge in [0, 0.05) is 25.8 Å². The zero-order valence-electron chi connectivity index (χ0n) is 18.1. The lowest BCUT2D eigenvalue weighted by atomic mass is 10.3. The first-order chi connectivity index (χ1) is 15.3. The van der Waals surface area contributed by atoms with Crippen LogP contribution in [0.2, 0.25) is 0 Å². The molecular weight excluding hydrogens is 426 g/mol. The Labute approximate surface area is 189 Å². The van der Waals surface area contributed by atoms with Crippen molar-refractivity contribution in [3.63, 3.8) is 0 Å². The van der Waals surface area contributed by atoms with Crippen LogP contribution in [0.4, 0.5) is 11.4 Å². The maximum absolute atomic E-state index is 12.4. The topological polar surface area (TPSA) is 79.0 Å². The van der Waals surface area contributed by atoms with Gasteiger partial charge in [-0.2, -0.15) is 0 Å². The van der Waals surface area contributed by atoms with E-state index in [1.54, 1.807) is 24.3 Å². The van der Waals surface area contributed by atoms with Gasteiger partial charge in [0.25, 0.3) is 0 Å². The summed E-state index contributed by atoms with van der Waals surface area (Å²) in [5.41, 5.74) is 1.43. The molecule has 0 heterocycles. The predicted octanol–water partition coefficient (Wildman–Crippen LogP) is 3.50. The first-order valence-electron chi connectivity index (χ1n) is 10.2. The second kappa shape index (κ2) is 10.7. The van der Waals surface area contributed by atoms with Crippen LogP contribution in [0.15, 0.2) is 84.9 Å². The number of hydrogen-bond donors (Lipinski definition) is 1. The van der Waals surface area contributed by atoms with E-state index in [4.69, 9.17) is 4.74 Å². The second-order valence-corrected chi connectivity index (χ2v) is 9.19. The fourth-order valence-electron chi connectivity index (χ4n) is 3.07. The van der Waals surface area contributed by atoms with E-state index < -0.39 is 10.0 Å². The standard InChI is InChI=1S/C24H27N3O4S/c1-26(20-9-5-3-6-10-20)18-17-25-24(28)19-27(32(2,29)30)21-13-15-23(16-14-21)31-22-11-7-4-8-12-22/h3-16H,17-19H2,1-2H3,(H,25,28). The predicted molar refractivity (Wildman–Crippen MR) is 128 cm³/mol. The number of likely N-dealkylation sites (N-methyl/N-ethyl adjacent to an activating group) is 1. The summed E-state index contributed by atoms with van der Waals surface area (Å²) in [4.78, 5) is 14.5. The van der Waals surface area contributed by atoms with Crippen LogP contribution < -0.4 is 19.3 Å². The quantitative estimate of drug-likeness (QED) is 0.508. The molecule has 1 N–H and O–H groups in total. The molecule has 0 bridgehead atoms. The molecule has 0 unspecified atom stereocenters. The molecule has 0 aliphatic rings. The molecule has 3 rings (SSSR count). The van der Waals surface area contributed by atoms with E-state index >= 15 is 0 Å². The van der Waals surface area contributed by atoms with Crippen LogP contribution in [0.5, 0.6) is 11.5 Å². The van der Waals surface area contributed by atoms with Crippen molar-refractivity contribution in [1.29, 1.82) is 0 Å². The summed E-state index contributed by atoms with van der Waals surface area (Å²) in [5, 5.41) is 2.79. The maximum atomic E-state index is 12.4. The molecule has 7 nitrogen and oxygen atoms in total. The summed E-state index contributed by atoms with van der Waals surface area (Å²) >= 11 is 0. The van der Waals surface area contributed by atoms with Gasteiger partial charge < -0.3 is 15.0 Å². The summed E-state index contributed by atoms with van der Waals surface area (Å²) in [6.45, 7) is 0.693. The Bertz CT molecular complexity index is 1110. The third kappa shape index (κ3) is 6.75. The van der Waals surface area contributed by atoms with Gasteiger partial charge in [-0.3, -0.25) is 9.10 Å². The number of hydrogen-bond acceptors (Lipinski definition) is 5. The van der Waals surface area contributed by atoms with E-state index in [-0.39, 0.29) is 12.5 Å². The minimum atomic E-state index is -3.65. The molecule has 0 aliphatic carbocycles. The minimum absolute atomic E-state index is 0.299. The normalized spacial score (nSPS) is 10.9. The van der Waals surface area contributed by atoms with E-state index in [9.17, 15) is 13.2 Å². The Hall–Kier alpha value is -3.52. The molecule has 8 heteroatoms. The Morgan fingerprint density at radius 3 is 2.00 bits per heavy atom. The van der Waals surface area contributed by atoms with Crippen LogP contribution in [-0.4, -0.2) is 47.3 Å². The van der Waals surface area contributed by atoms with Crippen molar-refractivity contribution >= 4 is 27.3 Å². The smallest absolute Gasteiger partial charge is 0.240 e. The molecule has 1 amide bonds. The Morgan fingerprint density at radius 1 is 0.844 bits per heavy atom. The molecule has 168 valence electrons. The van der Waals surface area contributed by atoms with Gasteiger partial charge in [-0.15, -0.1) is 0 Å². The zero-order chi connectivity index (χ0) is 23.0. The molecule has 3 aromatic rings. The van der Waals surface area contributed by atoms with E-state index in [1.807, 2.05) is 72.6 Å².